The molecule has 1 aliphatic rings. The Balaban J connectivity index is 1.94. The van der Waals surface area contributed by atoms with Gasteiger partial charge in [-0.1, -0.05) is 84.3 Å². The number of nitrogens with zero attached hydrogens (tertiary/aromatic N) is 1. The molecule has 1 aliphatic carbocycles. The number of rotatable bonds is 3. The van der Waals surface area contributed by atoms with Crippen LogP contribution in [0.25, 0.3) is 22.0 Å². The minimum atomic E-state index is -1.81. The molecule has 0 amide bonds. The first-order valence-electron chi connectivity index (χ1n) is 13.3. The number of fused-ring (bicyclic) bond motifs is 1. The van der Waals surface area contributed by atoms with Crippen molar-refractivity contribution in [1.29, 1.82) is 0 Å². The van der Waals surface area contributed by atoms with Crippen molar-refractivity contribution in [2.75, 3.05) is 0 Å². The van der Waals surface area contributed by atoms with Crippen LogP contribution >= 0.6 is 0 Å². The molecule has 3 aromatic rings. The SMILES string of the molecule is Cc1cc(C2CCCC2)cc(-c2c3ccc([Si](C)(C(C)(C)C)C(C)(C)C)cc3cc[n+]2C)c1C. The molecule has 1 aromatic heterocycles. The van der Waals surface area contributed by atoms with Crippen molar-refractivity contribution < 1.29 is 4.57 Å². The van der Waals surface area contributed by atoms with E-state index in [4.69, 9.17) is 0 Å². The van der Waals surface area contributed by atoms with E-state index in [1.807, 2.05) is 0 Å². The highest BCUT2D eigenvalue weighted by Gasteiger charge is 2.50. The molecule has 34 heavy (non-hydrogen) atoms. The summed E-state index contributed by atoms with van der Waals surface area (Å²) in [6.07, 6.45) is 7.71. The zero-order chi connectivity index (χ0) is 25.1. The first-order valence-corrected chi connectivity index (χ1v) is 15.8. The fourth-order valence-corrected chi connectivity index (χ4v) is 11.5. The number of hydrogen-bond donors (Lipinski definition) is 0. The molecule has 1 heterocycles. The highest BCUT2D eigenvalue weighted by Crippen LogP contribution is 2.50. The third kappa shape index (κ3) is 4.06. The van der Waals surface area contributed by atoms with E-state index in [1.54, 1.807) is 10.8 Å². The van der Waals surface area contributed by atoms with Crippen LogP contribution in [0.1, 0.15) is 89.8 Å². The van der Waals surface area contributed by atoms with Crippen LogP contribution in [0.15, 0.2) is 42.6 Å². The van der Waals surface area contributed by atoms with Crippen LogP contribution in [0.3, 0.4) is 0 Å². The second-order valence-corrected chi connectivity index (χ2v) is 19.0. The second-order valence-electron chi connectivity index (χ2n) is 13.2. The van der Waals surface area contributed by atoms with Crippen LogP contribution in [0.5, 0.6) is 0 Å². The summed E-state index contributed by atoms with van der Waals surface area (Å²) < 4.78 is 2.34. The average molecular weight is 473 g/mol. The third-order valence-electron chi connectivity index (χ3n) is 9.49. The molecule has 0 aliphatic heterocycles. The average Bonchev–Trinajstić information content (AvgIpc) is 3.28. The summed E-state index contributed by atoms with van der Waals surface area (Å²) in [7, 11) is 0.402. The fraction of sp³-hybridized carbons (Fsp3) is 0.531. The van der Waals surface area contributed by atoms with E-state index in [0.717, 1.165) is 5.92 Å². The van der Waals surface area contributed by atoms with E-state index < -0.39 is 8.07 Å². The molecule has 4 rings (SSSR count). The standard InChI is InChI=1S/C32H46NSi/c1-22-19-26(24-13-11-12-14-24)21-29(23(22)2)30-28-16-15-27(20-25(28)17-18-33(30)9)34(10,31(3,4)5)32(6,7)8/h15-21,24H,11-14H2,1-10H3/q+1. The van der Waals surface area contributed by atoms with Gasteiger partial charge in [-0.2, -0.15) is 0 Å². The van der Waals surface area contributed by atoms with E-state index in [0.29, 0.717) is 0 Å². The second kappa shape index (κ2) is 8.62. The van der Waals surface area contributed by atoms with Crippen molar-refractivity contribution in [3.8, 4) is 11.3 Å². The van der Waals surface area contributed by atoms with Gasteiger partial charge in [-0.15, -0.1) is 0 Å². The predicted octanol–water partition coefficient (Wildman–Crippen LogP) is 8.49. The normalized spacial score (nSPS) is 15.9. The summed E-state index contributed by atoms with van der Waals surface area (Å²) in [5.41, 5.74) is 7.16. The number of aromatic nitrogens is 1. The highest BCUT2D eigenvalue weighted by atomic mass is 28.3. The van der Waals surface area contributed by atoms with Gasteiger partial charge in [0.25, 0.3) is 0 Å². The van der Waals surface area contributed by atoms with Crippen molar-refractivity contribution in [1.82, 2.24) is 0 Å². The largest absolute Gasteiger partial charge is 0.220 e. The Kier molecular flexibility index (Phi) is 6.38. The molecule has 1 fully saturated rings. The van der Waals surface area contributed by atoms with Crippen molar-refractivity contribution in [2.24, 2.45) is 7.05 Å². The number of benzene rings is 2. The first-order chi connectivity index (χ1) is 15.8. The van der Waals surface area contributed by atoms with Gasteiger partial charge in [-0.25, -0.2) is 4.57 Å². The zero-order valence-corrected chi connectivity index (χ0v) is 24.4. The van der Waals surface area contributed by atoms with Gasteiger partial charge < -0.3 is 0 Å². The van der Waals surface area contributed by atoms with Gasteiger partial charge in [0.05, 0.1) is 19.0 Å². The van der Waals surface area contributed by atoms with Crippen molar-refractivity contribution in [3.63, 3.8) is 0 Å². The van der Waals surface area contributed by atoms with Gasteiger partial charge >= 0.3 is 0 Å². The Bertz CT molecular complexity index is 1200. The lowest BCUT2D eigenvalue weighted by atomic mass is 9.89. The van der Waals surface area contributed by atoms with Gasteiger partial charge in [-0.05, 0) is 76.9 Å². The molecule has 0 unspecified atom stereocenters. The van der Waals surface area contributed by atoms with Crippen molar-refractivity contribution in [2.45, 2.75) is 104 Å². The fourth-order valence-electron chi connectivity index (χ4n) is 6.64. The topological polar surface area (TPSA) is 3.88 Å². The molecule has 0 atom stereocenters. The summed E-state index contributed by atoms with van der Waals surface area (Å²) in [5.74, 6) is 0.732. The monoisotopic (exact) mass is 472 g/mol. The molecular weight excluding hydrogens is 426 g/mol. The molecule has 2 aromatic carbocycles. The maximum atomic E-state index is 2.59. The van der Waals surface area contributed by atoms with Crippen LogP contribution in [0, 0.1) is 13.8 Å². The maximum absolute atomic E-state index is 2.59. The molecule has 0 radical (unpaired) electrons. The van der Waals surface area contributed by atoms with E-state index >= 15 is 0 Å². The van der Waals surface area contributed by atoms with Gasteiger partial charge in [0.15, 0.2) is 6.20 Å². The van der Waals surface area contributed by atoms with Crippen LogP contribution < -0.4 is 9.75 Å². The predicted molar refractivity (Wildman–Crippen MR) is 152 cm³/mol. The Morgan fingerprint density at radius 3 is 2.06 bits per heavy atom. The molecular formula is C32H46NSi+. The summed E-state index contributed by atoms with van der Waals surface area (Å²) >= 11 is 0. The quantitative estimate of drug-likeness (QED) is 0.266. The minimum absolute atomic E-state index is 0.282. The number of pyridine rings is 1. The number of hydrogen-bond acceptors (Lipinski definition) is 0. The van der Waals surface area contributed by atoms with Crippen LogP contribution in [-0.4, -0.2) is 8.07 Å². The Hall–Kier alpha value is -1.93. The molecule has 0 bridgehead atoms. The Morgan fingerprint density at radius 1 is 0.853 bits per heavy atom. The molecule has 0 N–H and O–H groups in total. The van der Waals surface area contributed by atoms with Gasteiger partial charge in [0, 0.05) is 6.07 Å². The first kappa shape index (κ1) is 25.2. The van der Waals surface area contributed by atoms with E-state index in [9.17, 15) is 0 Å². The van der Waals surface area contributed by atoms with E-state index in [-0.39, 0.29) is 10.1 Å². The van der Waals surface area contributed by atoms with Gasteiger partial charge in [0.2, 0.25) is 5.69 Å². The van der Waals surface area contributed by atoms with Crippen LogP contribution in [-0.2, 0) is 7.05 Å². The smallest absolute Gasteiger partial charge is 0.200 e. The van der Waals surface area contributed by atoms with Gasteiger partial charge in [-0.3, -0.25) is 0 Å². The number of aryl methyl sites for hydroxylation is 2. The zero-order valence-electron chi connectivity index (χ0n) is 23.4. The molecule has 1 saturated carbocycles. The molecule has 0 spiro atoms. The van der Waals surface area contributed by atoms with E-state index in [1.165, 1.54) is 58.8 Å². The highest BCUT2D eigenvalue weighted by molar-refractivity contribution is 6.95. The molecule has 2 heteroatoms. The summed E-state index contributed by atoms with van der Waals surface area (Å²) in [4.78, 5) is 0. The molecule has 1 nitrogen and oxygen atoms in total. The Morgan fingerprint density at radius 2 is 1.47 bits per heavy atom. The summed E-state index contributed by atoms with van der Waals surface area (Å²) in [6.45, 7) is 21.9. The third-order valence-corrected chi connectivity index (χ3v) is 17.0. The minimum Gasteiger partial charge on any atom is -0.200 e. The molecule has 0 saturated heterocycles. The molecule has 182 valence electrons. The lowest BCUT2D eigenvalue weighted by Gasteiger charge is -2.50. The van der Waals surface area contributed by atoms with Crippen LogP contribution in [0.4, 0.5) is 0 Å². The van der Waals surface area contributed by atoms with Crippen LogP contribution in [0.2, 0.25) is 16.6 Å². The maximum Gasteiger partial charge on any atom is 0.220 e. The lowest BCUT2D eigenvalue weighted by molar-refractivity contribution is -0.659. The Labute approximate surface area is 209 Å². The summed E-state index contributed by atoms with van der Waals surface area (Å²) in [5, 5.41) is 4.89. The van der Waals surface area contributed by atoms with Crippen molar-refractivity contribution in [3.05, 3.63) is 59.3 Å². The summed E-state index contributed by atoms with van der Waals surface area (Å²) in [6, 6.07) is 14.7. The van der Waals surface area contributed by atoms with E-state index in [2.05, 4.69) is 116 Å². The lowest BCUT2D eigenvalue weighted by Crippen LogP contribution is -2.58. The van der Waals surface area contributed by atoms with Gasteiger partial charge in [0.1, 0.15) is 7.05 Å². The van der Waals surface area contributed by atoms with Crippen molar-refractivity contribution >= 4 is 24.0 Å².